The molecule has 17 heavy (non-hydrogen) atoms. The second-order valence-electron chi connectivity index (χ2n) is 3.40. The van der Waals surface area contributed by atoms with Crippen LogP contribution < -0.4 is 5.32 Å². The average Bonchev–Trinajstić information content (AvgIpc) is 2.76. The Morgan fingerprint density at radius 2 is 2.29 bits per heavy atom. The number of carbonyl (C=O) groups is 1. The van der Waals surface area contributed by atoms with E-state index in [0.717, 1.165) is 0 Å². The zero-order chi connectivity index (χ0) is 12.3. The van der Waals surface area contributed by atoms with Crippen LogP contribution in [0.1, 0.15) is 5.56 Å². The fourth-order valence-corrected chi connectivity index (χ4v) is 1.61. The van der Waals surface area contributed by atoms with E-state index in [1.165, 1.54) is 18.3 Å². The number of amides is 1. The van der Waals surface area contributed by atoms with Crippen LogP contribution in [0, 0.1) is 5.82 Å². The second-order valence-corrected chi connectivity index (χ2v) is 3.80. The molecule has 6 heteroatoms. The quantitative estimate of drug-likeness (QED) is 0.882. The van der Waals surface area contributed by atoms with Gasteiger partial charge in [0.25, 0.3) is 0 Å². The van der Waals surface area contributed by atoms with Gasteiger partial charge in [-0.3, -0.25) is 9.89 Å². The van der Waals surface area contributed by atoms with E-state index in [0.29, 0.717) is 5.82 Å². The Bertz CT molecular complexity index is 507. The molecule has 0 aliphatic carbocycles. The van der Waals surface area contributed by atoms with Gasteiger partial charge in [-0.1, -0.05) is 17.7 Å². The summed E-state index contributed by atoms with van der Waals surface area (Å²) in [6, 6.07) is 5.91. The number of aromatic amines is 1. The molecule has 0 fully saturated rings. The zero-order valence-electron chi connectivity index (χ0n) is 8.71. The summed E-state index contributed by atoms with van der Waals surface area (Å²) in [7, 11) is 0. The molecule has 0 saturated heterocycles. The number of carbonyl (C=O) groups excluding carboxylic acids is 1. The summed E-state index contributed by atoms with van der Waals surface area (Å²) in [4.78, 5) is 11.6. The number of benzene rings is 1. The molecule has 0 unspecified atom stereocenters. The van der Waals surface area contributed by atoms with Crippen molar-refractivity contribution in [2.45, 2.75) is 6.42 Å². The molecule has 1 aromatic heterocycles. The largest absolute Gasteiger partial charge is 0.311 e. The van der Waals surface area contributed by atoms with Crippen molar-refractivity contribution in [3.63, 3.8) is 0 Å². The van der Waals surface area contributed by atoms with Crippen LogP contribution in [-0.2, 0) is 11.2 Å². The molecule has 0 saturated carbocycles. The summed E-state index contributed by atoms with van der Waals surface area (Å²) in [5, 5.41) is 9.03. The number of hydrogen-bond donors (Lipinski definition) is 2. The molecule has 2 rings (SSSR count). The standard InChI is InChI=1S/C11H9ClFN3O/c12-8-2-1-3-9(13)7(8)6-11(17)15-10-4-5-14-16-10/h1-5H,6H2,(H2,14,15,16,17). The van der Waals surface area contributed by atoms with Crippen molar-refractivity contribution in [1.82, 2.24) is 10.2 Å². The molecule has 0 aliphatic heterocycles. The van der Waals surface area contributed by atoms with E-state index in [-0.39, 0.29) is 22.9 Å². The Hall–Kier alpha value is -1.88. The fraction of sp³-hybridized carbons (Fsp3) is 0.0909. The molecular weight excluding hydrogens is 245 g/mol. The van der Waals surface area contributed by atoms with Crippen molar-refractivity contribution in [3.05, 3.63) is 46.9 Å². The lowest BCUT2D eigenvalue weighted by Gasteiger charge is -2.05. The Morgan fingerprint density at radius 3 is 2.94 bits per heavy atom. The van der Waals surface area contributed by atoms with E-state index in [9.17, 15) is 9.18 Å². The number of anilines is 1. The highest BCUT2D eigenvalue weighted by Gasteiger charge is 2.12. The van der Waals surface area contributed by atoms with Crippen molar-refractivity contribution in [2.24, 2.45) is 0 Å². The van der Waals surface area contributed by atoms with Crippen molar-refractivity contribution in [2.75, 3.05) is 5.32 Å². The van der Waals surface area contributed by atoms with Crippen LogP contribution >= 0.6 is 11.6 Å². The minimum Gasteiger partial charge on any atom is -0.311 e. The summed E-state index contributed by atoms with van der Waals surface area (Å²) in [6.07, 6.45) is 1.39. The van der Waals surface area contributed by atoms with Gasteiger partial charge in [-0.15, -0.1) is 0 Å². The molecule has 0 atom stereocenters. The van der Waals surface area contributed by atoms with Crippen LogP contribution in [-0.4, -0.2) is 16.1 Å². The van der Waals surface area contributed by atoms with E-state index >= 15 is 0 Å². The van der Waals surface area contributed by atoms with Gasteiger partial charge in [0.1, 0.15) is 11.6 Å². The SMILES string of the molecule is O=C(Cc1c(F)cccc1Cl)Nc1ccn[nH]1. The first-order valence-electron chi connectivity index (χ1n) is 4.89. The van der Waals surface area contributed by atoms with Gasteiger partial charge in [0, 0.05) is 16.7 Å². The molecule has 1 heterocycles. The minimum absolute atomic E-state index is 0.121. The first-order chi connectivity index (χ1) is 8.16. The van der Waals surface area contributed by atoms with E-state index < -0.39 is 5.82 Å². The Balaban J connectivity index is 2.08. The summed E-state index contributed by atoms with van der Waals surface area (Å²) in [6.45, 7) is 0. The Kier molecular flexibility index (Phi) is 3.39. The summed E-state index contributed by atoms with van der Waals surface area (Å²) in [5.41, 5.74) is 0.186. The monoisotopic (exact) mass is 253 g/mol. The van der Waals surface area contributed by atoms with Crippen molar-refractivity contribution in [1.29, 1.82) is 0 Å². The van der Waals surface area contributed by atoms with Crippen LogP contribution in [0.3, 0.4) is 0 Å². The molecule has 88 valence electrons. The topological polar surface area (TPSA) is 57.8 Å². The third-order valence-corrected chi connectivity index (χ3v) is 2.53. The van der Waals surface area contributed by atoms with E-state index in [2.05, 4.69) is 15.5 Å². The summed E-state index contributed by atoms with van der Waals surface area (Å²) < 4.78 is 13.4. The number of halogens is 2. The Morgan fingerprint density at radius 1 is 1.47 bits per heavy atom. The Labute approximate surface area is 102 Å². The van der Waals surface area contributed by atoms with Crippen LogP contribution in [0.2, 0.25) is 5.02 Å². The van der Waals surface area contributed by atoms with Crippen LogP contribution in [0.15, 0.2) is 30.5 Å². The van der Waals surface area contributed by atoms with E-state index in [1.807, 2.05) is 0 Å². The lowest BCUT2D eigenvalue weighted by atomic mass is 10.1. The molecule has 2 N–H and O–H groups in total. The number of rotatable bonds is 3. The van der Waals surface area contributed by atoms with Crippen molar-refractivity contribution >= 4 is 23.3 Å². The van der Waals surface area contributed by atoms with Gasteiger partial charge in [0.15, 0.2) is 0 Å². The highest BCUT2D eigenvalue weighted by atomic mass is 35.5. The second kappa shape index (κ2) is 4.97. The third-order valence-electron chi connectivity index (χ3n) is 2.17. The normalized spacial score (nSPS) is 10.2. The number of H-pyrrole nitrogens is 1. The maximum atomic E-state index is 13.4. The van der Waals surface area contributed by atoms with Crippen LogP contribution in [0.25, 0.3) is 0 Å². The molecule has 0 radical (unpaired) electrons. The van der Waals surface area contributed by atoms with Gasteiger partial charge < -0.3 is 5.32 Å². The van der Waals surface area contributed by atoms with E-state index in [1.54, 1.807) is 12.1 Å². The maximum Gasteiger partial charge on any atom is 0.230 e. The van der Waals surface area contributed by atoms with E-state index in [4.69, 9.17) is 11.6 Å². The molecule has 4 nitrogen and oxygen atoms in total. The number of nitrogens with one attached hydrogen (secondary N) is 2. The molecular formula is C11H9ClFN3O. The van der Waals surface area contributed by atoms with Crippen LogP contribution in [0.4, 0.5) is 10.2 Å². The predicted molar refractivity (Wildman–Crippen MR) is 62.3 cm³/mol. The van der Waals surface area contributed by atoms with Gasteiger partial charge in [-0.25, -0.2) is 4.39 Å². The van der Waals surface area contributed by atoms with Crippen molar-refractivity contribution < 1.29 is 9.18 Å². The molecule has 1 amide bonds. The van der Waals surface area contributed by atoms with Gasteiger partial charge in [-0.2, -0.15) is 5.10 Å². The van der Waals surface area contributed by atoms with Gasteiger partial charge in [-0.05, 0) is 12.1 Å². The fourth-order valence-electron chi connectivity index (χ4n) is 1.38. The summed E-state index contributed by atoms with van der Waals surface area (Å²) in [5.74, 6) is -0.388. The minimum atomic E-state index is -0.489. The van der Waals surface area contributed by atoms with Crippen molar-refractivity contribution in [3.8, 4) is 0 Å². The highest BCUT2D eigenvalue weighted by molar-refractivity contribution is 6.31. The first kappa shape index (κ1) is 11.6. The average molecular weight is 254 g/mol. The third kappa shape index (κ3) is 2.82. The van der Waals surface area contributed by atoms with Gasteiger partial charge in [0.2, 0.25) is 5.91 Å². The number of nitrogens with zero attached hydrogens (tertiary/aromatic N) is 1. The molecule has 0 aliphatic rings. The number of hydrogen-bond acceptors (Lipinski definition) is 2. The maximum absolute atomic E-state index is 13.4. The summed E-state index contributed by atoms with van der Waals surface area (Å²) >= 11 is 5.82. The first-order valence-corrected chi connectivity index (χ1v) is 5.26. The smallest absolute Gasteiger partial charge is 0.230 e. The lowest BCUT2D eigenvalue weighted by Crippen LogP contribution is -2.15. The van der Waals surface area contributed by atoms with Gasteiger partial charge in [0.05, 0.1) is 12.6 Å². The number of aromatic nitrogens is 2. The van der Waals surface area contributed by atoms with Gasteiger partial charge >= 0.3 is 0 Å². The van der Waals surface area contributed by atoms with Crippen LogP contribution in [0.5, 0.6) is 0 Å². The predicted octanol–water partition coefficient (Wildman–Crippen LogP) is 2.38. The molecule has 0 bridgehead atoms. The molecule has 2 aromatic rings. The zero-order valence-corrected chi connectivity index (χ0v) is 9.46. The lowest BCUT2D eigenvalue weighted by molar-refractivity contribution is -0.115. The highest BCUT2D eigenvalue weighted by Crippen LogP contribution is 2.19. The molecule has 1 aromatic carbocycles. The molecule has 0 spiro atoms.